The van der Waals surface area contributed by atoms with Gasteiger partial charge in [0.15, 0.2) is 0 Å². The van der Waals surface area contributed by atoms with Gasteiger partial charge in [-0.25, -0.2) is 0 Å². The molecule has 3 heterocycles. The van der Waals surface area contributed by atoms with Crippen LogP contribution in [-0.4, -0.2) is 35.7 Å². The average molecular weight is 359 g/mol. The van der Waals surface area contributed by atoms with Crippen molar-refractivity contribution in [2.45, 2.75) is 32.1 Å². The molecule has 5 nitrogen and oxygen atoms in total. The van der Waals surface area contributed by atoms with Crippen molar-refractivity contribution >= 4 is 17.2 Å². The highest BCUT2D eigenvalue weighted by Crippen LogP contribution is 2.34. The van der Waals surface area contributed by atoms with Crippen LogP contribution in [0.1, 0.15) is 44.6 Å². The Balaban J connectivity index is 1.53. The number of carbonyl (C=O) groups is 1. The molecule has 1 saturated heterocycles. The van der Waals surface area contributed by atoms with Crippen molar-refractivity contribution in [1.29, 1.82) is 0 Å². The van der Waals surface area contributed by atoms with Crippen molar-refractivity contribution < 1.29 is 19.4 Å². The van der Waals surface area contributed by atoms with Crippen LogP contribution in [0, 0.1) is 0 Å². The molecule has 25 heavy (non-hydrogen) atoms. The molecule has 1 atom stereocenters. The average Bonchev–Trinajstić information content (AvgIpc) is 3.28. The first-order chi connectivity index (χ1) is 12.2. The van der Waals surface area contributed by atoms with E-state index in [9.17, 15) is 9.90 Å². The molecule has 0 spiro atoms. The summed E-state index contributed by atoms with van der Waals surface area (Å²) in [6.45, 7) is 2.31. The number of benzene rings is 1. The van der Waals surface area contributed by atoms with E-state index < -0.39 is 0 Å². The maximum Gasteiger partial charge on any atom is 0.264 e. The van der Waals surface area contributed by atoms with Crippen LogP contribution in [-0.2, 0) is 17.9 Å². The lowest BCUT2D eigenvalue weighted by Crippen LogP contribution is -2.31. The first-order valence-electron chi connectivity index (χ1n) is 8.60. The third-order valence-corrected chi connectivity index (χ3v) is 5.82. The molecule has 0 unspecified atom stereocenters. The molecule has 1 fully saturated rings. The van der Waals surface area contributed by atoms with Gasteiger partial charge in [0.25, 0.3) is 5.91 Å². The second-order valence-corrected chi connectivity index (χ2v) is 7.49. The number of hydrogen-bond acceptors (Lipinski definition) is 5. The van der Waals surface area contributed by atoms with Gasteiger partial charge in [0.2, 0.25) is 0 Å². The van der Waals surface area contributed by atoms with Crippen molar-refractivity contribution in [1.82, 2.24) is 4.90 Å². The minimum Gasteiger partial charge on any atom is -0.491 e. The monoisotopic (exact) mass is 359 g/mol. The molecule has 1 amide bonds. The summed E-state index contributed by atoms with van der Waals surface area (Å²) in [5.74, 6) is 0.818. The molecule has 2 aliphatic rings. The molecular formula is C19H21NO4S. The predicted molar refractivity (Wildman–Crippen MR) is 94.8 cm³/mol. The zero-order chi connectivity index (χ0) is 17.2. The van der Waals surface area contributed by atoms with Crippen molar-refractivity contribution in [2.75, 3.05) is 19.8 Å². The summed E-state index contributed by atoms with van der Waals surface area (Å²) in [5, 5.41) is 9.34. The minimum absolute atomic E-state index is 0.0170. The second kappa shape index (κ2) is 7.15. The zero-order valence-corrected chi connectivity index (χ0v) is 14.8. The highest BCUT2D eigenvalue weighted by atomic mass is 32.1. The molecule has 1 aromatic heterocycles. The fourth-order valence-electron chi connectivity index (χ4n) is 3.32. The molecule has 0 radical (unpaired) electrons. The van der Waals surface area contributed by atoms with Gasteiger partial charge in [-0.3, -0.25) is 4.79 Å². The summed E-state index contributed by atoms with van der Waals surface area (Å²) in [5.41, 5.74) is 1.77. The summed E-state index contributed by atoms with van der Waals surface area (Å²) < 4.78 is 11.5. The number of amides is 1. The fraction of sp³-hybridized carbons (Fsp3) is 0.421. The van der Waals surface area contributed by atoms with E-state index in [2.05, 4.69) is 0 Å². The Morgan fingerprint density at radius 3 is 3.00 bits per heavy atom. The number of hydrogen-bond donors (Lipinski definition) is 1. The summed E-state index contributed by atoms with van der Waals surface area (Å²) in [4.78, 5) is 16.6. The third-order valence-electron chi connectivity index (χ3n) is 4.66. The molecule has 4 rings (SSSR count). The van der Waals surface area contributed by atoms with Crippen molar-refractivity contribution in [3.05, 3.63) is 51.2 Å². The lowest BCUT2D eigenvalue weighted by atomic mass is 10.1. The Morgan fingerprint density at radius 1 is 1.28 bits per heavy atom. The molecular weight excluding hydrogens is 338 g/mol. The third kappa shape index (κ3) is 3.42. The number of fused-ring (bicyclic) bond motifs is 1. The van der Waals surface area contributed by atoms with Crippen molar-refractivity contribution in [2.24, 2.45) is 0 Å². The predicted octanol–water partition coefficient (Wildman–Crippen LogP) is 3.13. The quantitative estimate of drug-likeness (QED) is 0.915. The maximum absolute atomic E-state index is 12.9. The Kier molecular flexibility index (Phi) is 4.74. The second-order valence-electron chi connectivity index (χ2n) is 6.38. The summed E-state index contributed by atoms with van der Waals surface area (Å²) >= 11 is 1.53. The van der Waals surface area contributed by atoms with Gasteiger partial charge in [0.1, 0.15) is 12.4 Å². The van der Waals surface area contributed by atoms with Crippen LogP contribution in [0.3, 0.4) is 0 Å². The summed E-state index contributed by atoms with van der Waals surface area (Å²) in [6.07, 6.45) is 2.26. The summed E-state index contributed by atoms with van der Waals surface area (Å²) in [7, 11) is 0. The van der Waals surface area contributed by atoms with Gasteiger partial charge in [-0.05, 0) is 42.7 Å². The lowest BCUT2D eigenvalue weighted by molar-refractivity contribution is 0.0738. The van der Waals surface area contributed by atoms with Crippen LogP contribution in [0.25, 0.3) is 0 Å². The van der Waals surface area contributed by atoms with Gasteiger partial charge in [0, 0.05) is 23.6 Å². The molecule has 1 N–H and O–H groups in total. The molecule has 0 saturated carbocycles. The van der Waals surface area contributed by atoms with Crippen LogP contribution in [0.4, 0.5) is 0 Å². The van der Waals surface area contributed by atoms with E-state index in [1.165, 1.54) is 11.3 Å². The molecule has 1 aromatic carbocycles. The highest BCUT2D eigenvalue weighted by Gasteiger charge is 2.25. The van der Waals surface area contributed by atoms with E-state index in [4.69, 9.17) is 9.47 Å². The number of carbonyl (C=O) groups excluding carboxylic acids is 1. The first kappa shape index (κ1) is 16.6. The number of rotatable bonds is 3. The van der Waals surface area contributed by atoms with Gasteiger partial charge in [-0.15, -0.1) is 11.3 Å². The Bertz CT molecular complexity index is 767. The highest BCUT2D eigenvalue weighted by molar-refractivity contribution is 7.14. The van der Waals surface area contributed by atoms with Crippen LogP contribution < -0.4 is 4.74 Å². The minimum atomic E-state index is -0.0170. The topological polar surface area (TPSA) is 59.0 Å². The maximum atomic E-state index is 12.9. The van der Waals surface area contributed by atoms with Crippen molar-refractivity contribution in [3.63, 3.8) is 0 Å². The van der Waals surface area contributed by atoms with E-state index in [0.717, 1.165) is 46.1 Å². The van der Waals surface area contributed by atoms with Gasteiger partial charge in [-0.1, -0.05) is 6.07 Å². The van der Waals surface area contributed by atoms with Gasteiger partial charge in [-0.2, -0.15) is 0 Å². The Hall–Kier alpha value is -1.89. The van der Waals surface area contributed by atoms with Crippen LogP contribution in [0.5, 0.6) is 5.75 Å². The number of ether oxygens (including phenoxy) is 2. The first-order valence-corrected chi connectivity index (χ1v) is 9.42. The van der Waals surface area contributed by atoms with Gasteiger partial charge < -0.3 is 19.5 Å². The number of aliphatic hydroxyl groups excluding tert-OH is 1. The lowest BCUT2D eigenvalue weighted by Gasteiger charge is -2.19. The van der Waals surface area contributed by atoms with E-state index in [0.29, 0.717) is 19.7 Å². The normalized spacial score (nSPS) is 20.0. The largest absolute Gasteiger partial charge is 0.491 e. The molecule has 6 heteroatoms. The molecule has 2 aromatic rings. The van der Waals surface area contributed by atoms with Gasteiger partial charge >= 0.3 is 0 Å². The Labute approximate surface area is 150 Å². The summed E-state index contributed by atoms with van der Waals surface area (Å²) in [6, 6.07) is 9.55. The zero-order valence-electron chi connectivity index (χ0n) is 13.9. The molecule has 132 valence electrons. The number of thiophene rings is 1. The number of aliphatic hydroxyl groups is 1. The molecule has 0 aliphatic carbocycles. The van der Waals surface area contributed by atoms with E-state index in [1.807, 2.05) is 35.2 Å². The molecule has 0 bridgehead atoms. The Morgan fingerprint density at radius 2 is 2.20 bits per heavy atom. The molecule has 2 aliphatic heterocycles. The van der Waals surface area contributed by atoms with Crippen LogP contribution in [0.2, 0.25) is 0 Å². The van der Waals surface area contributed by atoms with E-state index >= 15 is 0 Å². The standard InChI is InChI=1S/C19H21NO4S/c21-12-13-3-4-15-14(10-13)11-20(7-9-24-15)19(22)18-6-5-17(25-18)16-2-1-8-23-16/h3-6,10,16,21H,1-2,7-9,11-12H2/t16-/m0/s1. The smallest absolute Gasteiger partial charge is 0.264 e. The van der Waals surface area contributed by atoms with Gasteiger partial charge in [0.05, 0.1) is 24.1 Å². The van der Waals surface area contributed by atoms with Crippen LogP contribution in [0.15, 0.2) is 30.3 Å². The van der Waals surface area contributed by atoms with Crippen LogP contribution >= 0.6 is 11.3 Å². The number of nitrogens with zero attached hydrogens (tertiary/aromatic N) is 1. The SMILES string of the molecule is O=C(c1ccc([C@@H]2CCCO2)s1)N1CCOc2ccc(CO)cc2C1. The van der Waals surface area contributed by atoms with Crippen molar-refractivity contribution in [3.8, 4) is 5.75 Å². The van der Waals surface area contributed by atoms with E-state index in [-0.39, 0.29) is 18.6 Å². The van der Waals surface area contributed by atoms with E-state index in [1.54, 1.807) is 0 Å². The fourth-order valence-corrected chi connectivity index (χ4v) is 4.38.